The van der Waals surface area contributed by atoms with E-state index >= 15 is 0 Å². The monoisotopic (exact) mass is 281 g/mol. The molecule has 108 valence electrons. The number of carbonyl (C=O) groups excluding carboxylic acids is 1. The molecule has 0 bridgehead atoms. The molecule has 1 fully saturated rings. The third-order valence-corrected chi connectivity index (χ3v) is 3.84. The highest BCUT2D eigenvalue weighted by Crippen LogP contribution is 2.19. The predicted octanol–water partition coefficient (Wildman–Crippen LogP) is 1.77. The Morgan fingerprint density at radius 3 is 2.14 bits per heavy atom. The molecule has 0 aromatic heterocycles. The van der Waals surface area contributed by atoms with Crippen LogP contribution in [0.25, 0.3) is 0 Å². The molecule has 2 aromatic rings. The Balaban J connectivity index is 1.76. The number of benzene rings is 2. The SMILES string of the molecule is NN1CN(Cc2ccccc2)C(Cc2ccccc2)C1=O. The van der Waals surface area contributed by atoms with Crippen LogP contribution < -0.4 is 5.84 Å². The Kier molecular flexibility index (Phi) is 3.99. The lowest BCUT2D eigenvalue weighted by Gasteiger charge is -2.21. The fraction of sp³-hybridized carbons (Fsp3) is 0.235. The summed E-state index contributed by atoms with van der Waals surface area (Å²) in [5, 5.41) is 1.32. The summed E-state index contributed by atoms with van der Waals surface area (Å²) in [5.74, 6) is 5.80. The van der Waals surface area contributed by atoms with Gasteiger partial charge in [0.15, 0.2) is 0 Å². The van der Waals surface area contributed by atoms with Crippen LogP contribution in [0.4, 0.5) is 0 Å². The number of carbonyl (C=O) groups is 1. The maximum atomic E-state index is 12.3. The summed E-state index contributed by atoms with van der Waals surface area (Å²) in [7, 11) is 0. The lowest BCUT2D eigenvalue weighted by atomic mass is 10.0. The van der Waals surface area contributed by atoms with Crippen molar-refractivity contribution in [2.24, 2.45) is 5.84 Å². The molecule has 4 heteroatoms. The molecule has 2 aromatic carbocycles. The highest BCUT2D eigenvalue weighted by molar-refractivity contribution is 5.83. The molecule has 1 unspecified atom stereocenters. The van der Waals surface area contributed by atoms with Crippen molar-refractivity contribution in [3.63, 3.8) is 0 Å². The summed E-state index contributed by atoms with van der Waals surface area (Å²) in [6, 6.07) is 20.1. The lowest BCUT2D eigenvalue weighted by molar-refractivity contribution is -0.129. The summed E-state index contributed by atoms with van der Waals surface area (Å²) < 4.78 is 0. The molecule has 0 aliphatic carbocycles. The van der Waals surface area contributed by atoms with Gasteiger partial charge in [0.25, 0.3) is 5.91 Å². The van der Waals surface area contributed by atoms with Gasteiger partial charge in [-0.3, -0.25) is 14.7 Å². The minimum Gasteiger partial charge on any atom is -0.272 e. The van der Waals surface area contributed by atoms with Gasteiger partial charge in [-0.2, -0.15) is 0 Å². The van der Waals surface area contributed by atoms with Gasteiger partial charge in [-0.1, -0.05) is 60.7 Å². The first-order valence-corrected chi connectivity index (χ1v) is 7.12. The molecule has 3 rings (SSSR count). The molecule has 21 heavy (non-hydrogen) atoms. The van der Waals surface area contributed by atoms with E-state index in [-0.39, 0.29) is 11.9 Å². The van der Waals surface area contributed by atoms with E-state index in [9.17, 15) is 4.79 Å². The third kappa shape index (κ3) is 3.12. The van der Waals surface area contributed by atoms with Crippen molar-refractivity contribution in [1.82, 2.24) is 9.91 Å². The van der Waals surface area contributed by atoms with E-state index in [1.54, 1.807) is 0 Å². The second kappa shape index (κ2) is 6.08. The van der Waals surface area contributed by atoms with Crippen molar-refractivity contribution in [1.29, 1.82) is 0 Å². The number of nitrogens with zero attached hydrogens (tertiary/aromatic N) is 2. The summed E-state index contributed by atoms with van der Waals surface area (Å²) >= 11 is 0. The van der Waals surface area contributed by atoms with Crippen molar-refractivity contribution >= 4 is 5.91 Å². The Morgan fingerprint density at radius 1 is 0.952 bits per heavy atom. The largest absolute Gasteiger partial charge is 0.272 e. The van der Waals surface area contributed by atoms with Crippen molar-refractivity contribution < 1.29 is 4.79 Å². The molecule has 1 aliphatic heterocycles. The molecule has 2 N–H and O–H groups in total. The summed E-state index contributed by atoms with van der Waals surface area (Å²) in [6.45, 7) is 1.21. The second-order valence-electron chi connectivity index (χ2n) is 5.39. The van der Waals surface area contributed by atoms with Gasteiger partial charge in [0.2, 0.25) is 0 Å². The van der Waals surface area contributed by atoms with Gasteiger partial charge >= 0.3 is 0 Å². The zero-order valence-electron chi connectivity index (χ0n) is 11.9. The summed E-state index contributed by atoms with van der Waals surface area (Å²) in [6.07, 6.45) is 0.695. The minimum atomic E-state index is -0.183. The Bertz CT molecular complexity index is 600. The molecule has 1 saturated heterocycles. The first-order chi connectivity index (χ1) is 10.2. The van der Waals surface area contributed by atoms with Crippen LogP contribution in [0.3, 0.4) is 0 Å². The Morgan fingerprint density at radius 2 is 1.52 bits per heavy atom. The van der Waals surface area contributed by atoms with E-state index in [0.717, 1.165) is 12.1 Å². The van der Waals surface area contributed by atoms with Gasteiger partial charge in [-0.25, -0.2) is 5.84 Å². The summed E-state index contributed by atoms with van der Waals surface area (Å²) in [4.78, 5) is 14.4. The van der Waals surface area contributed by atoms with E-state index in [2.05, 4.69) is 17.0 Å². The number of nitrogens with two attached hydrogens (primary N) is 1. The van der Waals surface area contributed by atoms with Gasteiger partial charge < -0.3 is 0 Å². The molecular weight excluding hydrogens is 262 g/mol. The average Bonchev–Trinajstić information content (AvgIpc) is 2.77. The van der Waals surface area contributed by atoms with Crippen LogP contribution in [-0.2, 0) is 17.8 Å². The highest BCUT2D eigenvalue weighted by Gasteiger charge is 2.36. The van der Waals surface area contributed by atoms with Crippen LogP contribution in [0.5, 0.6) is 0 Å². The van der Waals surface area contributed by atoms with Crippen LogP contribution >= 0.6 is 0 Å². The fourth-order valence-corrected chi connectivity index (χ4v) is 2.74. The van der Waals surface area contributed by atoms with Crippen LogP contribution in [0, 0.1) is 0 Å². The van der Waals surface area contributed by atoms with E-state index in [1.165, 1.54) is 10.6 Å². The topological polar surface area (TPSA) is 49.6 Å². The quantitative estimate of drug-likeness (QED) is 0.686. The van der Waals surface area contributed by atoms with Gasteiger partial charge in [-0.05, 0) is 17.5 Å². The van der Waals surface area contributed by atoms with E-state index in [1.807, 2.05) is 48.5 Å². The van der Waals surface area contributed by atoms with Gasteiger partial charge in [0.1, 0.15) is 0 Å². The molecule has 4 nitrogen and oxygen atoms in total. The van der Waals surface area contributed by atoms with Crippen molar-refractivity contribution in [2.75, 3.05) is 6.67 Å². The van der Waals surface area contributed by atoms with Crippen molar-refractivity contribution in [3.8, 4) is 0 Å². The molecule has 0 saturated carbocycles. The van der Waals surface area contributed by atoms with E-state index < -0.39 is 0 Å². The number of hydrogen-bond donors (Lipinski definition) is 1. The molecule has 0 spiro atoms. The Hall–Kier alpha value is -2.17. The van der Waals surface area contributed by atoms with Crippen LogP contribution in [0.1, 0.15) is 11.1 Å². The molecule has 0 radical (unpaired) electrons. The highest BCUT2D eigenvalue weighted by atomic mass is 16.2. The average molecular weight is 281 g/mol. The van der Waals surface area contributed by atoms with Crippen molar-refractivity contribution in [3.05, 3.63) is 71.8 Å². The van der Waals surface area contributed by atoms with Gasteiger partial charge in [-0.15, -0.1) is 0 Å². The second-order valence-corrected chi connectivity index (χ2v) is 5.39. The molecule has 1 amide bonds. The molecule has 1 aliphatic rings. The summed E-state index contributed by atoms with van der Waals surface area (Å²) in [5.41, 5.74) is 2.35. The van der Waals surface area contributed by atoms with Gasteiger partial charge in [0, 0.05) is 6.54 Å². The maximum Gasteiger partial charge on any atom is 0.255 e. The fourth-order valence-electron chi connectivity index (χ4n) is 2.74. The first kappa shape index (κ1) is 13.8. The lowest BCUT2D eigenvalue weighted by Crippen LogP contribution is -2.36. The standard InChI is InChI=1S/C17H19N3O/c18-20-13-19(12-15-9-5-2-6-10-15)16(17(20)21)11-14-7-3-1-4-8-14/h1-10,16H,11-13,18H2. The third-order valence-electron chi connectivity index (χ3n) is 3.84. The number of amides is 1. The van der Waals surface area contributed by atoms with Gasteiger partial charge in [0.05, 0.1) is 12.7 Å². The van der Waals surface area contributed by atoms with E-state index in [0.29, 0.717) is 13.1 Å². The van der Waals surface area contributed by atoms with Crippen LogP contribution in [0.2, 0.25) is 0 Å². The predicted molar refractivity (Wildman–Crippen MR) is 81.8 cm³/mol. The Labute approximate surface area is 124 Å². The smallest absolute Gasteiger partial charge is 0.255 e. The molecule has 1 atom stereocenters. The zero-order chi connectivity index (χ0) is 14.7. The maximum absolute atomic E-state index is 12.3. The minimum absolute atomic E-state index is 0.00483. The molecule has 1 heterocycles. The normalized spacial score (nSPS) is 19.2. The zero-order valence-corrected chi connectivity index (χ0v) is 11.9. The van der Waals surface area contributed by atoms with Crippen LogP contribution in [-0.4, -0.2) is 28.5 Å². The first-order valence-electron chi connectivity index (χ1n) is 7.12. The van der Waals surface area contributed by atoms with Crippen molar-refractivity contribution in [2.45, 2.75) is 19.0 Å². The van der Waals surface area contributed by atoms with Crippen LogP contribution in [0.15, 0.2) is 60.7 Å². The number of hydrogen-bond acceptors (Lipinski definition) is 3. The molecular formula is C17H19N3O. The number of rotatable bonds is 4. The number of hydrazine groups is 1. The van der Waals surface area contributed by atoms with E-state index in [4.69, 9.17) is 5.84 Å².